The van der Waals surface area contributed by atoms with Crippen molar-refractivity contribution in [3.63, 3.8) is 0 Å². The Morgan fingerprint density at radius 1 is 1.05 bits per heavy atom. The number of nitrogens with zero attached hydrogens (tertiary/aromatic N) is 2. The maximum absolute atomic E-state index is 12.8. The van der Waals surface area contributed by atoms with Crippen molar-refractivity contribution in [2.45, 2.75) is 52.0 Å². The Morgan fingerprint density at radius 2 is 1.63 bits per heavy atom. The SMILES string of the molecule is CC1CN(S(=O)(=O)N2CC(C)OC(C)C2)C(C)CN1. The van der Waals surface area contributed by atoms with Crippen LogP contribution in [0, 0.1) is 0 Å². The first-order chi connectivity index (χ1) is 8.80. The Hall–Kier alpha value is -0.210. The van der Waals surface area contributed by atoms with Gasteiger partial charge in [-0.3, -0.25) is 0 Å². The van der Waals surface area contributed by atoms with Crippen LogP contribution in [0.5, 0.6) is 0 Å². The molecule has 0 aliphatic carbocycles. The van der Waals surface area contributed by atoms with E-state index in [9.17, 15) is 8.42 Å². The van der Waals surface area contributed by atoms with Crippen LogP contribution in [0.4, 0.5) is 0 Å². The van der Waals surface area contributed by atoms with Crippen LogP contribution in [0.2, 0.25) is 0 Å². The summed E-state index contributed by atoms with van der Waals surface area (Å²) in [5.74, 6) is 0. The Kier molecular flexibility index (Phi) is 4.52. The Morgan fingerprint density at radius 3 is 2.21 bits per heavy atom. The van der Waals surface area contributed by atoms with E-state index in [0.29, 0.717) is 26.2 Å². The Balaban J connectivity index is 2.16. The van der Waals surface area contributed by atoms with E-state index >= 15 is 0 Å². The van der Waals surface area contributed by atoms with Crippen LogP contribution in [0.25, 0.3) is 0 Å². The molecule has 0 saturated carbocycles. The summed E-state index contributed by atoms with van der Waals surface area (Å²) >= 11 is 0. The molecule has 2 fully saturated rings. The molecular weight excluding hydrogens is 266 g/mol. The van der Waals surface area contributed by atoms with E-state index in [-0.39, 0.29) is 24.3 Å². The van der Waals surface area contributed by atoms with E-state index in [1.54, 1.807) is 8.61 Å². The lowest BCUT2D eigenvalue weighted by Gasteiger charge is -2.42. The third kappa shape index (κ3) is 3.28. The van der Waals surface area contributed by atoms with E-state index in [2.05, 4.69) is 5.32 Å². The lowest BCUT2D eigenvalue weighted by Crippen LogP contribution is -2.61. The summed E-state index contributed by atoms with van der Waals surface area (Å²) in [7, 11) is -3.39. The van der Waals surface area contributed by atoms with Crippen LogP contribution in [0.3, 0.4) is 0 Å². The zero-order valence-electron chi connectivity index (χ0n) is 12.2. The molecule has 4 unspecified atom stereocenters. The fourth-order valence-corrected chi connectivity index (χ4v) is 4.81. The second kappa shape index (κ2) is 5.65. The van der Waals surface area contributed by atoms with Crippen molar-refractivity contribution in [1.82, 2.24) is 13.9 Å². The van der Waals surface area contributed by atoms with Crippen LogP contribution in [-0.4, -0.2) is 67.5 Å². The molecule has 2 aliphatic rings. The maximum atomic E-state index is 12.8. The number of morpholine rings is 1. The standard InChI is InChI=1S/C12H25N3O3S/c1-9-6-15(10(2)5-13-9)19(16,17)14-7-11(3)18-12(4)8-14/h9-13H,5-8H2,1-4H3. The summed E-state index contributed by atoms with van der Waals surface area (Å²) in [6.07, 6.45) is -0.0941. The van der Waals surface area contributed by atoms with E-state index in [1.807, 2.05) is 27.7 Å². The molecule has 4 atom stereocenters. The van der Waals surface area contributed by atoms with Gasteiger partial charge < -0.3 is 10.1 Å². The highest BCUT2D eigenvalue weighted by atomic mass is 32.2. The van der Waals surface area contributed by atoms with Crippen molar-refractivity contribution in [3.8, 4) is 0 Å². The van der Waals surface area contributed by atoms with E-state index in [1.165, 1.54) is 0 Å². The highest BCUT2D eigenvalue weighted by molar-refractivity contribution is 7.86. The topological polar surface area (TPSA) is 61.9 Å². The van der Waals surface area contributed by atoms with Gasteiger partial charge in [0.25, 0.3) is 10.2 Å². The molecule has 112 valence electrons. The Labute approximate surface area is 116 Å². The number of piperazine rings is 1. The van der Waals surface area contributed by atoms with Crippen LogP contribution < -0.4 is 5.32 Å². The number of nitrogens with one attached hydrogen (secondary N) is 1. The van der Waals surface area contributed by atoms with Gasteiger partial charge in [0.05, 0.1) is 12.2 Å². The van der Waals surface area contributed by atoms with Crippen molar-refractivity contribution < 1.29 is 13.2 Å². The minimum absolute atomic E-state index is 0.00495. The molecule has 19 heavy (non-hydrogen) atoms. The second-order valence-electron chi connectivity index (χ2n) is 5.81. The quantitative estimate of drug-likeness (QED) is 0.779. The predicted octanol–water partition coefficient (Wildman–Crippen LogP) is 0.0226. The number of hydrogen-bond donors (Lipinski definition) is 1. The van der Waals surface area contributed by atoms with Gasteiger partial charge in [-0.05, 0) is 27.7 Å². The lowest BCUT2D eigenvalue weighted by molar-refractivity contribution is -0.0459. The number of hydrogen-bond acceptors (Lipinski definition) is 4. The minimum atomic E-state index is -3.39. The first kappa shape index (κ1) is 15.2. The van der Waals surface area contributed by atoms with Gasteiger partial charge in [0.15, 0.2) is 0 Å². The van der Waals surface area contributed by atoms with Crippen molar-refractivity contribution in [1.29, 1.82) is 0 Å². The van der Waals surface area contributed by atoms with Crippen molar-refractivity contribution in [2.75, 3.05) is 26.2 Å². The first-order valence-electron chi connectivity index (χ1n) is 6.96. The van der Waals surface area contributed by atoms with Gasteiger partial charge in [0.2, 0.25) is 0 Å². The first-order valence-corrected chi connectivity index (χ1v) is 8.36. The highest BCUT2D eigenvalue weighted by Crippen LogP contribution is 2.20. The monoisotopic (exact) mass is 291 g/mol. The van der Waals surface area contributed by atoms with Crippen LogP contribution in [0.15, 0.2) is 0 Å². The molecule has 0 bridgehead atoms. The van der Waals surface area contributed by atoms with Crippen LogP contribution in [0.1, 0.15) is 27.7 Å². The van der Waals surface area contributed by atoms with Gasteiger partial charge in [-0.15, -0.1) is 0 Å². The summed E-state index contributed by atoms with van der Waals surface area (Å²) in [5, 5.41) is 3.30. The zero-order valence-corrected chi connectivity index (χ0v) is 13.0. The number of ether oxygens (including phenoxy) is 1. The summed E-state index contributed by atoms with van der Waals surface area (Å²) in [5.41, 5.74) is 0. The largest absolute Gasteiger partial charge is 0.373 e. The zero-order chi connectivity index (χ0) is 14.2. The number of rotatable bonds is 2. The minimum Gasteiger partial charge on any atom is -0.373 e. The van der Waals surface area contributed by atoms with Crippen LogP contribution in [-0.2, 0) is 14.9 Å². The molecule has 0 aromatic heterocycles. The third-order valence-electron chi connectivity index (χ3n) is 3.72. The molecule has 2 rings (SSSR count). The fourth-order valence-electron chi connectivity index (χ4n) is 2.78. The molecule has 0 radical (unpaired) electrons. The molecule has 0 aromatic rings. The van der Waals surface area contributed by atoms with Gasteiger partial charge in [0, 0.05) is 38.3 Å². The van der Waals surface area contributed by atoms with Gasteiger partial charge >= 0.3 is 0 Å². The molecule has 6 nitrogen and oxygen atoms in total. The van der Waals surface area contributed by atoms with Crippen molar-refractivity contribution >= 4 is 10.2 Å². The third-order valence-corrected chi connectivity index (χ3v) is 5.77. The van der Waals surface area contributed by atoms with Crippen molar-refractivity contribution in [3.05, 3.63) is 0 Å². The van der Waals surface area contributed by atoms with Gasteiger partial charge in [-0.2, -0.15) is 17.0 Å². The summed E-state index contributed by atoms with van der Waals surface area (Å²) in [6.45, 7) is 9.92. The molecule has 2 aliphatic heterocycles. The molecule has 2 saturated heterocycles. The Bertz CT molecular complexity index is 404. The molecular formula is C12H25N3O3S. The fraction of sp³-hybridized carbons (Fsp3) is 1.00. The average molecular weight is 291 g/mol. The normalized spacial score (nSPS) is 39.4. The van der Waals surface area contributed by atoms with Crippen LogP contribution >= 0.6 is 0 Å². The molecule has 0 amide bonds. The highest BCUT2D eigenvalue weighted by Gasteiger charge is 2.39. The summed E-state index contributed by atoms with van der Waals surface area (Å²) < 4.78 is 34.3. The van der Waals surface area contributed by atoms with Gasteiger partial charge in [0.1, 0.15) is 0 Å². The van der Waals surface area contributed by atoms with Gasteiger partial charge in [-0.25, -0.2) is 0 Å². The lowest BCUT2D eigenvalue weighted by atomic mass is 10.2. The van der Waals surface area contributed by atoms with E-state index in [0.717, 1.165) is 0 Å². The molecule has 7 heteroatoms. The average Bonchev–Trinajstić information content (AvgIpc) is 2.31. The smallest absolute Gasteiger partial charge is 0.282 e. The van der Waals surface area contributed by atoms with Gasteiger partial charge in [-0.1, -0.05) is 0 Å². The second-order valence-corrected chi connectivity index (χ2v) is 7.69. The van der Waals surface area contributed by atoms with E-state index in [4.69, 9.17) is 4.74 Å². The molecule has 0 aromatic carbocycles. The molecule has 1 N–H and O–H groups in total. The maximum Gasteiger partial charge on any atom is 0.282 e. The predicted molar refractivity (Wildman–Crippen MR) is 74.1 cm³/mol. The summed E-state index contributed by atoms with van der Waals surface area (Å²) in [6, 6.07) is 0.191. The van der Waals surface area contributed by atoms with Crippen molar-refractivity contribution in [2.24, 2.45) is 0 Å². The van der Waals surface area contributed by atoms with E-state index < -0.39 is 10.2 Å². The summed E-state index contributed by atoms with van der Waals surface area (Å²) in [4.78, 5) is 0. The molecule has 0 spiro atoms. The molecule has 2 heterocycles.